The average Bonchev–Trinajstić information content (AvgIpc) is 2.25. The van der Waals surface area contributed by atoms with Crippen molar-refractivity contribution in [3.8, 4) is 0 Å². The maximum atomic E-state index is 13.3. The molecule has 0 unspecified atom stereocenters. The van der Waals surface area contributed by atoms with Crippen LogP contribution < -0.4 is 0 Å². The second-order valence-corrected chi connectivity index (χ2v) is 3.28. The Balaban J connectivity index is 2.73. The van der Waals surface area contributed by atoms with Crippen LogP contribution in [-0.2, 0) is 9.47 Å². The van der Waals surface area contributed by atoms with Crippen molar-refractivity contribution in [3.05, 3.63) is 0 Å². The summed E-state index contributed by atoms with van der Waals surface area (Å²) in [5.74, 6) is 0. The van der Waals surface area contributed by atoms with E-state index in [0.717, 1.165) is 0 Å². The van der Waals surface area contributed by atoms with Crippen molar-refractivity contribution in [1.82, 2.24) is 0 Å². The molecule has 4 atom stereocenters. The van der Waals surface area contributed by atoms with Crippen molar-refractivity contribution < 1.29 is 19.0 Å². The summed E-state index contributed by atoms with van der Waals surface area (Å²) in [6.07, 6.45) is -2.23. The summed E-state index contributed by atoms with van der Waals surface area (Å²) in [5.41, 5.74) is -1.52. The summed E-state index contributed by atoms with van der Waals surface area (Å²) < 4.78 is 23.3. The smallest absolute Gasteiger partial charge is 0.189 e. The summed E-state index contributed by atoms with van der Waals surface area (Å²) in [6, 6.07) is 0. The number of hydrogen-bond donors (Lipinski definition) is 1. The first kappa shape index (κ1) is 9.89. The fourth-order valence-corrected chi connectivity index (χ4v) is 1.47. The van der Waals surface area contributed by atoms with Crippen molar-refractivity contribution in [1.29, 1.82) is 0 Å². The van der Waals surface area contributed by atoms with E-state index in [1.807, 2.05) is 6.92 Å². The van der Waals surface area contributed by atoms with Crippen LogP contribution in [-0.4, -0.2) is 36.4 Å². The second-order valence-electron chi connectivity index (χ2n) is 3.28. The quantitative estimate of drug-likeness (QED) is 0.681. The molecule has 1 aliphatic rings. The van der Waals surface area contributed by atoms with Crippen LogP contribution in [0.3, 0.4) is 0 Å². The van der Waals surface area contributed by atoms with Gasteiger partial charge in [-0.25, -0.2) is 4.39 Å². The molecule has 0 aliphatic carbocycles. The Hall–Kier alpha value is -0.190. The summed E-state index contributed by atoms with van der Waals surface area (Å²) in [4.78, 5) is 0. The van der Waals surface area contributed by atoms with Crippen molar-refractivity contribution in [2.45, 2.75) is 44.4 Å². The van der Waals surface area contributed by atoms with Gasteiger partial charge in [0.15, 0.2) is 12.5 Å². The molecule has 3 nitrogen and oxygen atoms in total. The number of ether oxygens (including phenoxy) is 2. The molecule has 4 heteroatoms. The molecule has 0 bridgehead atoms. The maximum Gasteiger partial charge on any atom is 0.189 e. The van der Waals surface area contributed by atoms with E-state index in [0.29, 0.717) is 6.42 Å². The van der Waals surface area contributed by atoms with Crippen LogP contribution in [0.4, 0.5) is 4.39 Å². The first-order valence-corrected chi connectivity index (χ1v) is 4.08. The van der Waals surface area contributed by atoms with E-state index in [1.165, 1.54) is 14.0 Å². The highest BCUT2D eigenvalue weighted by Crippen LogP contribution is 2.34. The van der Waals surface area contributed by atoms with Gasteiger partial charge in [-0.3, -0.25) is 0 Å². The van der Waals surface area contributed by atoms with E-state index < -0.39 is 24.2 Å². The molecule has 0 aromatic carbocycles. The van der Waals surface area contributed by atoms with E-state index in [4.69, 9.17) is 9.47 Å². The van der Waals surface area contributed by atoms with Crippen LogP contribution in [0.5, 0.6) is 0 Å². The Morgan fingerprint density at radius 2 is 2.25 bits per heavy atom. The summed E-state index contributed by atoms with van der Waals surface area (Å²) >= 11 is 0. The minimum atomic E-state index is -1.52. The van der Waals surface area contributed by atoms with Crippen LogP contribution in [0.15, 0.2) is 0 Å². The minimum Gasteiger partial charge on any atom is -0.382 e. The lowest BCUT2D eigenvalue weighted by Crippen LogP contribution is -2.43. The molecule has 1 saturated heterocycles. The van der Waals surface area contributed by atoms with Gasteiger partial charge in [-0.15, -0.1) is 0 Å². The van der Waals surface area contributed by atoms with E-state index >= 15 is 0 Å². The molecule has 1 fully saturated rings. The van der Waals surface area contributed by atoms with Crippen LogP contribution in [0, 0.1) is 0 Å². The van der Waals surface area contributed by atoms with Crippen LogP contribution in [0.25, 0.3) is 0 Å². The zero-order chi connectivity index (χ0) is 9.35. The zero-order valence-electron chi connectivity index (χ0n) is 7.58. The average molecular weight is 178 g/mol. The number of halogens is 1. The molecule has 0 aromatic rings. The van der Waals surface area contributed by atoms with Gasteiger partial charge in [0.1, 0.15) is 5.60 Å². The SMILES string of the molecule is CC[C@H]1O[C@@H](OC)[C@@](C)(O)[C@@H]1F. The molecule has 1 aliphatic heterocycles. The highest BCUT2D eigenvalue weighted by atomic mass is 19.1. The largest absolute Gasteiger partial charge is 0.382 e. The van der Waals surface area contributed by atoms with E-state index in [9.17, 15) is 9.50 Å². The van der Waals surface area contributed by atoms with Gasteiger partial charge in [-0.2, -0.15) is 0 Å². The molecule has 1 heterocycles. The third kappa shape index (κ3) is 1.34. The van der Waals surface area contributed by atoms with Gasteiger partial charge < -0.3 is 14.6 Å². The van der Waals surface area contributed by atoms with Crippen molar-refractivity contribution >= 4 is 0 Å². The molecule has 72 valence electrons. The highest BCUT2D eigenvalue weighted by molar-refractivity contribution is 4.96. The molecule has 0 saturated carbocycles. The van der Waals surface area contributed by atoms with Gasteiger partial charge in [0, 0.05) is 7.11 Å². The van der Waals surface area contributed by atoms with Gasteiger partial charge in [0.25, 0.3) is 0 Å². The number of rotatable bonds is 2. The molecule has 1 N–H and O–H groups in total. The summed E-state index contributed by atoms with van der Waals surface area (Å²) in [7, 11) is 1.39. The Kier molecular flexibility index (Phi) is 2.70. The normalized spacial score (nSPS) is 48.2. The third-order valence-electron chi connectivity index (χ3n) is 2.28. The molecule has 1 rings (SSSR count). The van der Waals surface area contributed by atoms with Crippen LogP contribution in [0.1, 0.15) is 20.3 Å². The predicted octanol–water partition coefficient (Wildman–Crippen LogP) is 0.857. The fourth-order valence-electron chi connectivity index (χ4n) is 1.47. The lowest BCUT2D eigenvalue weighted by atomic mass is 9.98. The first-order chi connectivity index (χ1) is 5.54. The molecule has 0 radical (unpaired) electrons. The second kappa shape index (κ2) is 3.28. The Morgan fingerprint density at radius 3 is 2.50 bits per heavy atom. The van der Waals surface area contributed by atoms with Crippen LogP contribution >= 0.6 is 0 Å². The number of methoxy groups -OCH3 is 1. The van der Waals surface area contributed by atoms with Crippen molar-refractivity contribution in [3.63, 3.8) is 0 Å². The maximum absolute atomic E-state index is 13.3. The van der Waals surface area contributed by atoms with Crippen LogP contribution in [0.2, 0.25) is 0 Å². The number of alkyl halides is 1. The molecule has 12 heavy (non-hydrogen) atoms. The highest BCUT2D eigenvalue weighted by Gasteiger charge is 2.53. The number of hydrogen-bond acceptors (Lipinski definition) is 3. The van der Waals surface area contributed by atoms with Gasteiger partial charge in [0.2, 0.25) is 0 Å². The first-order valence-electron chi connectivity index (χ1n) is 4.08. The molecule has 0 aromatic heterocycles. The van der Waals surface area contributed by atoms with Gasteiger partial charge in [-0.05, 0) is 13.3 Å². The summed E-state index contributed by atoms with van der Waals surface area (Å²) in [6.45, 7) is 3.20. The molecule has 0 amide bonds. The van der Waals surface area contributed by atoms with Gasteiger partial charge in [-0.1, -0.05) is 6.92 Å². The fraction of sp³-hybridized carbons (Fsp3) is 1.00. The Labute approximate surface area is 71.5 Å². The Bertz CT molecular complexity index is 156. The molecular weight excluding hydrogens is 163 g/mol. The standard InChI is InChI=1S/C8H15FO3/c1-4-5-6(9)8(2,10)7(11-3)12-5/h5-7,10H,4H2,1-3H3/t5-,6-,7-,8+/m1/s1. The topological polar surface area (TPSA) is 38.7 Å². The van der Waals surface area contributed by atoms with Crippen molar-refractivity contribution in [2.75, 3.05) is 7.11 Å². The molecular formula is C8H15FO3. The molecule has 0 spiro atoms. The lowest BCUT2D eigenvalue weighted by molar-refractivity contribution is -0.182. The van der Waals surface area contributed by atoms with E-state index in [-0.39, 0.29) is 0 Å². The Morgan fingerprint density at radius 1 is 1.67 bits per heavy atom. The van der Waals surface area contributed by atoms with Gasteiger partial charge >= 0.3 is 0 Å². The monoisotopic (exact) mass is 178 g/mol. The summed E-state index contributed by atoms with van der Waals surface area (Å²) in [5, 5.41) is 9.60. The van der Waals surface area contributed by atoms with Gasteiger partial charge in [0.05, 0.1) is 6.10 Å². The van der Waals surface area contributed by atoms with Crippen molar-refractivity contribution in [2.24, 2.45) is 0 Å². The third-order valence-corrected chi connectivity index (χ3v) is 2.28. The minimum absolute atomic E-state index is 0.539. The number of aliphatic hydroxyl groups is 1. The predicted molar refractivity (Wildman–Crippen MR) is 41.5 cm³/mol. The lowest BCUT2D eigenvalue weighted by Gasteiger charge is -2.23. The zero-order valence-corrected chi connectivity index (χ0v) is 7.58. The van der Waals surface area contributed by atoms with E-state index in [2.05, 4.69) is 0 Å². The van der Waals surface area contributed by atoms with E-state index in [1.54, 1.807) is 0 Å².